The van der Waals surface area contributed by atoms with Crippen LogP contribution < -0.4 is 0 Å². The molecule has 1 aliphatic heterocycles. The van der Waals surface area contributed by atoms with Gasteiger partial charge in [-0.2, -0.15) is 0 Å². The van der Waals surface area contributed by atoms with E-state index in [1.165, 1.54) is 0 Å². The maximum absolute atomic E-state index is 12.5. The molecule has 0 N–H and O–H groups in total. The van der Waals surface area contributed by atoms with Crippen LogP contribution in [-0.4, -0.2) is 32.1 Å². The number of hydrogen-bond donors (Lipinski definition) is 0. The molecule has 0 saturated carbocycles. The van der Waals surface area contributed by atoms with E-state index in [1.54, 1.807) is 22.9 Å². The highest BCUT2D eigenvalue weighted by molar-refractivity contribution is 5.95. The molecule has 148 valence electrons. The molecule has 2 heterocycles. The summed E-state index contributed by atoms with van der Waals surface area (Å²) in [5.41, 5.74) is 2.53. The van der Waals surface area contributed by atoms with Gasteiger partial charge >= 0.3 is 11.9 Å². The summed E-state index contributed by atoms with van der Waals surface area (Å²) in [5.74, 6) is -0.390. The molecule has 0 bridgehead atoms. The second kappa shape index (κ2) is 8.22. The Bertz CT molecular complexity index is 1030. The summed E-state index contributed by atoms with van der Waals surface area (Å²) in [6.07, 6.45) is 0.998. The molecule has 0 unspecified atom stereocenters. The Balaban J connectivity index is 1.49. The van der Waals surface area contributed by atoms with Gasteiger partial charge in [0.15, 0.2) is 12.4 Å². The van der Waals surface area contributed by atoms with Crippen LogP contribution in [-0.2, 0) is 29.0 Å². The van der Waals surface area contributed by atoms with Crippen molar-refractivity contribution in [1.29, 1.82) is 0 Å². The third-order valence-electron chi connectivity index (χ3n) is 4.76. The smallest absolute Gasteiger partial charge is 0.339 e. The first kappa shape index (κ1) is 18.8. The van der Waals surface area contributed by atoms with Crippen LogP contribution in [0.4, 0.5) is 0 Å². The Kier molecular flexibility index (Phi) is 5.33. The number of nitrogens with zero attached hydrogens (tertiary/aromatic N) is 4. The summed E-state index contributed by atoms with van der Waals surface area (Å²) in [6.45, 7) is 2.65. The first-order chi connectivity index (χ1) is 14.2. The molecule has 1 aliphatic rings. The number of rotatable bonds is 6. The first-order valence-corrected chi connectivity index (χ1v) is 9.46. The third-order valence-corrected chi connectivity index (χ3v) is 4.76. The third kappa shape index (κ3) is 4.01. The van der Waals surface area contributed by atoms with Gasteiger partial charge in [0.1, 0.15) is 6.10 Å². The minimum atomic E-state index is -0.492. The van der Waals surface area contributed by atoms with Gasteiger partial charge in [-0.15, -0.1) is 5.10 Å². The standard InChI is InChI=1S/C21H20N4O4/c1-2-10-25-19(22-23-24-25)13-28-20(26)15-8-9-17-16(11-15)12-18(29-21(17)27)14-6-4-3-5-7-14/h3-9,11,18H,2,10,12-13H2,1H3/t18-/m0/s1. The molecule has 29 heavy (non-hydrogen) atoms. The van der Waals surface area contributed by atoms with E-state index in [4.69, 9.17) is 9.47 Å². The van der Waals surface area contributed by atoms with Gasteiger partial charge in [0.05, 0.1) is 11.1 Å². The van der Waals surface area contributed by atoms with Crippen molar-refractivity contribution in [3.63, 3.8) is 0 Å². The predicted octanol–water partition coefficient (Wildman–Crippen LogP) is 2.89. The number of benzene rings is 2. The van der Waals surface area contributed by atoms with E-state index < -0.39 is 11.9 Å². The number of cyclic esters (lactones) is 1. The van der Waals surface area contributed by atoms with Crippen LogP contribution in [0.1, 0.15) is 57.1 Å². The highest BCUT2D eigenvalue weighted by Gasteiger charge is 2.28. The molecular weight excluding hydrogens is 372 g/mol. The van der Waals surface area contributed by atoms with Crippen LogP contribution in [0.25, 0.3) is 0 Å². The largest absolute Gasteiger partial charge is 0.454 e. The molecule has 2 aromatic carbocycles. The van der Waals surface area contributed by atoms with E-state index in [0.717, 1.165) is 17.5 Å². The van der Waals surface area contributed by atoms with Gasteiger partial charge in [-0.25, -0.2) is 14.3 Å². The number of fused-ring (bicyclic) bond motifs is 1. The van der Waals surface area contributed by atoms with Crippen LogP contribution in [0.5, 0.6) is 0 Å². The summed E-state index contributed by atoms with van der Waals surface area (Å²) in [5, 5.41) is 11.4. The Morgan fingerprint density at radius 1 is 1.24 bits per heavy atom. The molecule has 1 atom stereocenters. The van der Waals surface area contributed by atoms with E-state index in [-0.39, 0.29) is 12.7 Å². The van der Waals surface area contributed by atoms with Crippen LogP contribution in [0, 0.1) is 0 Å². The normalized spacial score (nSPS) is 15.5. The second-order valence-corrected chi connectivity index (χ2v) is 6.78. The van der Waals surface area contributed by atoms with Crippen molar-refractivity contribution in [2.75, 3.05) is 0 Å². The minimum absolute atomic E-state index is 0.0163. The highest BCUT2D eigenvalue weighted by Crippen LogP contribution is 2.31. The van der Waals surface area contributed by atoms with Crippen LogP contribution in [0.15, 0.2) is 48.5 Å². The zero-order valence-electron chi connectivity index (χ0n) is 15.9. The molecule has 4 rings (SSSR count). The molecule has 0 radical (unpaired) electrons. The molecule has 1 aromatic heterocycles. The Morgan fingerprint density at radius 2 is 2.07 bits per heavy atom. The SMILES string of the molecule is CCCn1nnnc1COC(=O)c1ccc2c(c1)C[C@@H](c1ccccc1)OC2=O. The van der Waals surface area contributed by atoms with E-state index in [9.17, 15) is 9.59 Å². The molecule has 0 amide bonds. The van der Waals surface area contributed by atoms with Crippen molar-refractivity contribution >= 4 is 11.9 Å². The summed E-state index contributed by atoms with van der Waals surface area (Å²) >= 11 is 0. The molecular formula is C21H20N4O4. The quantitative estimate of drug-likeness (QED) is 0.595. The van der Waals surface area contributed by atoms with Crippen molar-refractivity contribution in [3.8, 4) is 0 Å². The highest BCUT2D eigenvalue weighted by atomic mass is 16.5. The number of esters is 2. The lowest BCUT2D eigenvalue weighted by atomic mass is 9.93. The Morgan fingerprint density at radius 3 is 2.86 bits per heavy atom. The molecule has 0 saturated heterocycles. The van der Waals surface area contributed by atoms with E-state index in [0.29, 0.717) is 29.9 Å². The van der Waals surface area contributed by atoms with Crippen molar-refractivity contribution < 1.29 is 19.1 Å². The number of carbonyl (C=O) groups is 2. The lowest BCUT2D eigenvalue weighted by Crippen LogP contribution is -2.22. The van der Waals surface area contributed by atoms with Crippen LogP contribution >= 0.6 is 0 Å². The van der Waals surface area contributed by atoms with Crippen molar-refractivity contribution in [2.24, 2.45) is 0 Å². The topological polar surface area (TPSA) is 96.2 Å². The van der Waals surface area contributed by atoms with Gasteiger partial charge < -0.3 is 9.47 Å². The number of ether oxygens (including phenoxy) is 2. The average molecular weight is 392 g/mol. The van der Waals surface area contributed by atoms with Crippen molar-refractivity contribution in [1.82, 2.24) is 20.2 Å². The zero-order chi connectivity index (χ0) is 20.2. The molecule has 0 aliphatic carbocycles. The summed E-state index contributed by atoms with van der Waals surface area (Å²) in [6, 6.07) is 14.4. The van der Waals surface area contributed by atoms with Crippen molar-refractivity contribution in [2.45, 2.75) is 39.0 Å². The summed E-state index contributed by atoms with van der Waals surface area (Å²) in [7, 11) is 0. The summed E-state index contributed by atoms with van der Waals surface area (Å²) < 4.78 is 12.5. The molecule has 8 heteroatoms. The van der Waals surface area contributed by atoms with Crippen molar-refractivity contribution in [3.05, 3.63) is 76.6 Å². The zero-order valence-corrected chi connectivity index (χ0v) is 15.9. The fourth-order valence-corrected chi connectivity index (χ4v) is 3.30. The van der Waals surface area contributed by atoms with E-state index >= 15 is 0 Å². The molecule has 0 fully saturated rings. The van der Waals surface area contributed by atoms with E-state index in [1.807, 2.05) is 37.3 Å². The van der Waals surface area contributed by atoms with Gasteiger partial charge in [0, 0.05) is 13.0 Å². The fourth-order valence-electron chi connectivity index (χ4n) is 3.30. The maximum Gasteiger partial charge on any atom is 0.339 e. The van der Waals surface area contributed by atoms with Gasteiger partial charge in [-0.1, -0.05) is 37.3 Å². The summed E-state index contributed by atoms with van der Waals surface area (Å²) in [4.78, 5) is 24.9. The Labute approximate surface area is 167 Å². The number of tetrazole rings is 1. The minimum Gasteiger partial charge on any atom is -0.454 e. The monoisotopic (exact) mass is 392 g/mol. The number of hydrogen-bond acceptors (Lipinski definition) is 7. The number of carbonyl (C=O) groups excluding carboxylic acids is 2. The van der Waals surface area contributed by atoms with E-state index in [2.05, 4.69) is 15.5 Å². The van der Waals surface area contributed by atoms with Gasteiger partial charge in [0.2, 0.25) is 0 Å². The van der Waals surface area contributed by atoms with Gasteiger partial charge in [-0.3, -0.25) is 0 Å². The molecule has 0 spiro atoms. The Hall–Kier alpha value is -3.55. The van der Waals surface area contributed by atoms with Gasteiger partial charge in [-0.05, 0) is 46.2 Å². The first-order valence-electron chi connectivity index (χ1n) is 9.46. The predicted molar refractivity (Wildman–Crippen MR) is 102 cm³/mol. The fraction of sp³-hybridized carbons (Fsp3) is 0.286. The van der Waals surface area contributed by atoms with Crippen LogP contribution in [0.2, 0.25) is 0 Å². The molecule has 3 aromatic rings. The van der Waals surface area contributed by atoms with Crippen LogP contribution in [0.3, 0.4) is 0 Å². The maximum atomic E-state index is 12.5. The van der Waals surface area contributed by atoms with Gasteiger partial charge in [0.25, 0.3) is 0 Å². The average Bonchev–Trinajstić information content (AvgIpc) is 3.19. The number of aromatic nitrogens is 4. The number of aryl methyl sites for hydroxylation is 1. The lowest BCUT2D eigenvalue weighted by molar-refractivity contribution is 0.0251. The lowest BCUT2D eigenvalue weighted by Gasteiger charge is -2.25. The molecule has 8 nitrogen and oxygen atoms in total. The second-order valence-electron chi connectivity index (χ2n) is 6.78.